The molecule has 2 atom stereocenters. The molecule has 1 aromatic rings. The van der Waals surface area contributed by atoms with Crippen molar-refractivity contribution in [2.75, 3.05) is 13.1 Å². The van der Waals surface area contributed by atoms with Crippen LogP contribution in [-0.4, -0.2) is 13.1 Å². The third-order valence-electron chi connectivity index (χ3n) is 4.12. The summed E-state index contributed by atoms with van der Waals surface area (Å²) in [4.78, 5) is 0. The van der Waals surface area contributed by atoms with E-state index in [0.717, 1.165) is 13.1 Å². The fourth-order valence-electron chi connectivity index (χ4n) is 2.97. The fraction of sp³-hybridized carbons (Fsp3) is 0.625. The molecule has 1 fully saturated rings. The van der Waals surface area contributed by atoms with Gasteiger partial charge in [-0.15, -0.1) is 0 Å². The van der Waals surface area contributed by atoms with Crippen LogP contribution in [0.5, 0.6) is 0 Å². The van der Waals surface area contributed by atoms with Crippen molar-refractivity contribution in [3.05, 3.63) is 35.6 Å². The molecule has 0 bridgehead atoms. The van der Waals surface area contributed by atoms with Crippen molar-refractivity contribution >= 4 is 0 Å². The van der Waals surface area contributed by atoms with E-state index in [1.807, 2.05) is 6.07 Å². The van der Waals surface area contributed by atoms with E-state index in [-0.39, 0.29) is 11.2 Å². The molecule has 1 saturated carbocycles. The highest BCUT2D eigenvalue weighted by Gasteiger charge is 2.53. The molecule has 0 aliphatic heterocycles. The highest BCUT2D eigenvalue weighted by molar-refractivity contribution is 5.34. The van der Waals surface area contributed by atoms with E-state index in [2.05, 4.69) is 32.2 Å². The van der Waals surface area contributed by atoms with E-state index in [4.69, 9.17) is 0 Å². The predicted octanol–water partition coefficient (Wildman–Crippen LogP) is 3.74. The molecule has 0 saturated heterocycles. The summed E-state index contributed by atoms with van der Waals surface area (Å²) < 4.78 is 13.4. The van der Waals surface area contributed by atoms with Gasteiger partial charge in [0.25, 0.3) is 0 Å². The normalized spacial score (nSPS) is 26.6. The molecule has 2 rings (SSSR count). The lowest BCUT2D eigenvalue weighted by Gasteiger charge is -2.20. The molecule has 1 aromatic carbocycles. The molecule has 1 nitrogen and oxygen atoms in total. The van der Waals surface area contributed by atoms with Gasteiger partial charge in [0.05, 0.1) is 0 Å². The number of benzene rings is 1. The molecule has 0 aromatic heterocycles. The second-order valence-corrected chi connectivity index (χ2v) is 6.00. The molecule has 100 valence electrons. The van der Waals surface area contributed by atoms with Gasteiger partial charge in [-0.25, -0.2) is 4.39 Å². The summed E-state index contributed by atoms with van der Waals surface area (Å²) in [5.41, 5.74) is 1.36. The Morgan fingerprint density at radius 3 is 2.78 bits per heavy atom. The summed E-state index contributed by atoms with van der Waals surface area (Å²) in [6, 6.07) is 7.16. The minimum Gasteiger partial charge on any atom is -0.316 e. The maximum absolute atomic E-state index is 13.4. The van der Waals surface area contributed by atoms with Gasteiger partial charge in [0.1, 0.15) is 5.82 Å². The first-order valence-electron chi connectivity index (χ1n) is 7.05. The summed E-state index contributed by atoms with van der Waals surface area (Å²) in [7, 11) is 0. The Hall–Kier alpha value is -0.890. The van der Waals surface area contributed by atoms with Crippen LogP contribution in [0.2, 0.25) is 0 Å². The Kier molecular flexibility index (Phi) is 4.06. The number of hydrogen-bond donors (Lipinski definition) is 1. The minimum absolute atomic E-state index is 0.113. The molecular formula is C16H24FN. The average Bonchev–Trinajstić information content (AvgIpc) is 3.04. The van der Waals surface area contributed by atoms with Crippen LogP contribution in [0.25, 0.3) is 0 Å². The molecule has 2 heteroatoms. The summed E-state index contributed by atoms with van der Waals surface area (Å²) in [5.74, 6) is 1.25. The smallest absolute Gasteiger partial charge is 0.123 e. The van der Waals surface area contributed by atoms with Gasteiger partial charge in [-0.05, 0) is 42.5 Å². The molecule has 0 amide bonds. The standard InChI is InChI=1S/C16H24FN/c1-4-13-9-16(13,11-18-10-12(2)3)14-6-5-7-15(17)8-14/h5-8,12-13,18H,4,9-11H2,1-3H3. The highest BCUT2D eigenvalue weighted by atomic mass is 19.1. The van der Waals surface area contributed by atoms with Crippen molar-refractivity contribution in [2.45, 2.75) is 39.0 Å². The van der Waals surface area contributed by atoms with E-state index >= 15 is 0 Å². The van der Waals surface area contributed by atoms with Crippen LogP contribution < -0.4 is 5.32 Å². The first kappa shape index (κ1) is 13.5. The summed E-state index contributed by atoms with van der Waals surface area (Å²) >= 11 is 0. The Morgan fingerprint density at radius 1 is 1.44 bits per heavy atom. The molecule has 0 spiro atoms. The van der Waals surface area contributed by atoms with Crippen molar-refractivity contribution in [3.63, 3.8) is 0 Å². The van der Waals surface area contributed by atoms with Gasteiger partial charge in [-0.2, -0.15) is 0 Å². The maximum Gasteiger partial charge on any atom is 0.123 e. The topological polar surface area (TPSA) is 12.0 Å². The van der Waals surface area contributed by atoms with Crippen LogP contribution in [0.1, 0.15) is 39.2 Å². The van der Waals surface area contributed by atoms with Crippen molar-refractivity contribution in [2.24, 2.45) is 11.8 Å². The average molecular weight is 249 g/mol. The molecule has 2 unspecified atom stereocenters. The molecule has 0 radical (unpaired) electrons. The van der Waals surface area contributed by atoms with Crippen molar-refractivity contribution in [3.8, 4) is 0 Å². The zero-order valence-electron chi connectivity index (χ0n) is 11.7. The first-order chi connectivity index (χ1) is 8.58. The quantitative estimate of drug-likeness (QED) is 0.810. The third kappa shape index (κ3) is 2.74. The molecular weight excluding hydrogens is 225 g/mol. The monoisotopic (exact) mass is 249 g/mol. The molecule has 18 heavy (non-hydrogen) atoms. The number of halogens is 1. The fourth-order valence-corrected chi connectivity index (χ4v) is 2.97. The zero-order valence-corrected chi connectivity index (χ0v) is 11.7. The Labute approximate surface area is 110 Å². The molecule has 1 aliphatic carbocycles. The predicted molar refractivity (Wildman–Crippen MR) is 74.2 cm³/mol. The lowest BCUT2D eigenvalue weighted by molar-refractivity contribution is 0.481. The van der Waals surface area contributed by atoms with Crippen LogP contribution in [0.3, 0.4) is 0 Å². The van der Waals surface area contributed by atoms with Gasteiger partial charge in [0.15, 0.2) is 0 Å². The van der Waals surface area contributed by atoms with Crippen molar-refractivity contribution in [1.29, 1.82) is 0 Å². The van der Waals surface area contributed by atoms with Crippen LogP contribution in [0, 0.1) is 17.7 Å². The summed E-state index contributed by atoms with van der Waals surface area (Å²) in [6.07, 6.45) is 2.37. The van der Waals surface area contributed by atoms with Crippen molar-refractivity contribution in [1.82, 2.24) is 5.32 Å². The first-order valence-corrected chi connectivity index (χ1v) is 7.05. The lowest BCUT2D eigenvalue weighted by atomic mass is 9.92. The van der Waals surface area contributed by atoms with Gasteiger partial charge in [0.2, 0.25) is 0 Å². The Bertz CT molecular complexity index is 402. The summed E-state index contributed by atoms with van der Waals surface area (Å²) in [5, 5.41) is 3.55. The maximum atomic E-state index is 13.4. The largest absolute Gasteiger partial charge is 0.316 e. The van der Waals surface area contributed by atoms with Crippen LogP contribution >= 0.6 is 0 Å². The van der Waals surface area contributed by atoms with Gasteiger partial charge in [-0.3, -0.25) is 0 Å². The van der Waals surface area contributed by atoms with Crippen LogP contribution in [-0.2, 0) is 5.41 Å². The van der Waals surface area contributed by atoms with Gasteiger partial charge in [-0.1, -0.05) is 39.3 Å². The van der Waals surface area contributed by atoms with Crippen LogP contribution in [0.4, 0.5) is 4.39 Å². The molecule has 1 aliphatic rings. The lowest BCUT2D eigenvalue weighted by Crippen LogP contribution is -2.31. The number of hydrogen-bond acceptors (Lipinski definition) is 1. The zero-order chi connectivity index (χ0) is 13.2. The van der Waals surface area contributed by atoms with Gasteiger partial charge >= 0.3 is 0 Å². The van der Waals surface area contributed by atoms with Crippen LogP contribution in [0.15, 0.2) is 24.3 Å². The highest BCUT2D eigenvalue weighted by Crippen LogP contribution is 2.55. The van der Waals surface area contributed by atoms with E-state index < -0.39 is 0 Å². The molecule has 1 N–H and O–H groups in total. The third-order valence-corrected chi connectivity index (χ3v) is 4.12. The van der Waals surface area contributed by atoms with Gasteiger partial charge < -0.3 is 5.32 Å². The van der Waals surface area contributed by atoms with E-state index in [1.165, 1.54) is 24.5 Å². The second-order valence-electron chi connectivity index (χ2n) is 6.00. The Morgan fingerprint density at radius 2 is 2.22 bits per heavy atom. The summed E-state index contributed by atoms with van der Waals surface area (Å²) in [6.45, 7) is 8.67. The number of rotatable bonds is 6. The van der Waals surface area contributed by atoms with Gasteiger partial charge in [0, 0.05) is 12.0 Å². The minimum atomic E-state index is -0.113. The van der Waals surface area contributed by atoms with E-state index in [0.29, 0.717) is 11.8 Å². The Balaban J connectivity index is 2.08. The van der Waals surface area contributed by atoms with E-state index in [1.54, 1.807) is 6.07 Å². The van der Waals surface area contributed by atoms with Crippen molar-refractivity contribution < 1.29 is 4.39 Å². The SMILES string of the molecule is CCC1CC1(CNCC(C)C)c1cccc(F)c1. The second kappa shape index (κ2) is 5.40. The molecule has 0 heterocycles. The van der Waals surface area contributed by atoms with E-state index in [9.17, 15) is 4.39 Å². The number of nitrogens with one attached hydrogen (secondary N) is 1.